The van der Waals surface area contributed by atoms with Crippen LogP contribution in [0.5, 0.6) is 0 Å². The molecule has 0 fully saturated rings. The maximum Gasteiger partial charge on any atom is 0.276 e. The topological polar surface area (TPSA) is 62.2 Å². The van der Waals surface area contributed by atoms with Crippen molar-refractivity contribution >= 4 is 29.4 Å². The summed E-state index contributed by atoms with van der Waals surface area (Å²) in [6, 6.07) is 7.09. The molecule has 0 aliphatic carbocycles. The van der Waals surface area contributed by atoms with Crippen molar-refractivity contribution in [1.82, 2.24) is 10.5 Å². The van der Waals surface area contributed by atoms with Crippen molar-refractivity contribution in [2.24, 2.45) is 0 Å². The van der Waals surface area contributed by atoms with E-state index in [0.29, 0.717) is 5.56 Å². The van der Waals surface area contributed by atoms with Crippen LogP contribution in [0.3, 0.4) is 0 Å². The summed E-state index contributed by atoms with van der Waals surface area (Å²) in [7, 11) is 0. The first-order valence-electron chi connectivity index (χ1n) is 4.24. The quantitative estimate of drug-likeness (QED) is 0.389. The number of thiol groups is 1. The zero-order chi connectivity index (χ0) is 10.8. The van der Waals surface area contributed by atoms with Gasteiger partial charge in [0.15, 0.2) is 0 Å². The third-order valence-electron chi connectivity index (χ3n) is 2.03. The highest BCUT2D eigenvalue weighted by Gasteiger charge is 2.05. The van der Waals surface area contributed by atoms with Gasteiger partial charge in [0, 0.05) is 16.5 Å². The summed E-state index contributed by atoms with van der Waals surface area (Å²) in [6.07, 6.45) is 1.40. The van der Waals surface area contributed by atoms with E-state index in [1.807, 2.05) is 12.1 Å². The molecule has 1 heterocycles. The Balaban J connectivity index is 2.57. The summed E-state index contributed by atoms with van der Waals surface area (Å²) in [6.45, 7) is 0. The number of fused-ring (bicyclic) bond motifs is 1. The molecule has 0 spiro atoms. The van der Waals surface area contributed by atoms with Crippen LogP contribution in [0.15, 0.2) is 35.4 Å². The molecule has 2 rings (SSSR count). The number of hydroxylamine groups is 1. The first kappa shape index (κ1) is 9.95. The highest BCUT2D eigenvalue weighted by molar-refractivity contribution is 7.80. The average molecular weight is 220 g/mol. The highest BCUT2D eigenvalue weighted by atomic mass is 32.1. The Morgan fingerprint density at radius 1 is 1.40 bits per heavy atom. The number of amides is 1. The minimum atomic E-state index is -0.570. The van der Waals surface area contributed by atoms with Gasteiger partial charge in [0.1, 0.15) is 0 Å². The maximum absolute atomic E-state index is 11.1. The van der Waals surface area contributed by atoms with Gasteiger partial charge in [-0.05, 0) is 18.2 Å². The Morgan fingerprint density at radius 3 is 2.93 bits per heavy atom. The van der Waals surface area contributed by atoms with Crippen molar-refractivity contribution < 1.29 is 10.0 Å². The number of hydrogen-bond acceptors (Lipinski definition) is 4. The van der Waals surface area contributed by atoms with Crippen molar-refractivity contribution in [3.8, 4) is 0 Å². The molecule has 2 aromatic rings. The number of pyridine rings is 1. The van der Waals surface area contributed by atoms with E-state index in [9.17, 15) is 4.79 Å². The molecule has 0 saturated heterocycles. The van der Waals surface area contributed by atoms with Gasteiger partial charge in [-0.1, -0.05) is 6.07 Å². The third kappa shape index (κ3) is 1.93. The van der Waals surface area contributed by atoms with Gasteiger partial charge < -0.3 is 0 Å². The lowest BCUT2D eigenvalue weighted by molar-refractivity contribution is 0.0706. The summed E-state index contributed by atoms with van der Waals surface area (Å²) >= 11 is 4.19. The van der Waals surface area contributed by atoms with Crippen LogP contribution in [0.25, 0.3) is 10.9 Å². The molecule has 4 nitrogen and oxygen atoms in total. The summed E-state index contributed by atoms with van der Waals surface area (Å²) < 4.78 is 0. The number of rotatable bonds is 1. The lowest BCUT2D eigenvalue weighted by Gasteiger charge is -2.01. The van der Waals surface area contributed by atoms with E-state index < -0.39 is 5.91 Å². The van der Waals surface area contributed by atoms with Crippen molar-refractivity contribution in [2.75, 3.05) is 0 Å². The van der Waals surface area contributed by atoms with Crippen LogP contribution in [-0.4, -0.2) is 16.1 Å². The molecule has 2 N–H and O–H groups in total. The number of hydrogen-bond donors (Lipinski definition) is 3. The SMILES string of the molecule is O=C(NO)c1cnc2cc(S)ccc2c1. The predicted octanol–water partition coefficient (Wildman–Crippen LogP) is 1.64. The van der Waals surface area contributed by atoms with E-state index in [0.717, 1.165) is 15.8 Å². The summed E-state index contributed by atoms with van der Waals surface area (Å²) in [5, 5.41) is 9.29. The largest absolute Gasteiger partial charge is 0.288 e. The van der Waals surface area contributed by atoms with Crippen LogP contribution in [0.4, 0.5) is 0 Å². The van der Waals surface area contributed by atoms with Crippen LogP contribution in [0, 0.1) is 0 Å². The van der Waals surface area contributed by atoms with E-state index >= 15 is 0 Å². The van der Waals surface area contributed by atoms with Gasteiger partial charge >= 0.3 is 0 Å². The number of aromatic nitrogens is 1. The van der Waals surface area contributed by atoms with E-state index in [-0.39, 0.29) is 0 Å². The fraction of sp³-hybridized carbons (Fsp3) is 0. The number of nitrogens with one attached hydrogen (secondary N) is 1. The van der Waals surface area contributed by atoms with Crippen molar-refractivity contribution in [1.29, 1.82) is 0 Å². The van der Waals surface area contributed by atoms with E-state index in [1.165, 1.54) is 6.20 Å². The first-order chi connectivity index (χ1) is 7.20. The van der Waals surface area contributed by atoms with Gasteiger partial charge in [-0.15, -0.1) is 12.6 Å². The van der Waals surface area contributed by atoms with Gasteiger partial charge in [-0.3, -0.25) is 15.0 Å². The second-order valence-corrected chi connectivity index (χ2v) is 3.56. The summed E-state index contributed by atoms with van der Waals surface area (Å²) in [4.78, 5) is 16.0. The molecular weight excluding hydrogens is 212 g/mol. The molecule has 0 radical (unpaired) electrons. The number of carbonyl (C=O) groups is 1. The number of nitrogens with zero attached hydrogens (tertiary/aromatic N) is 1. The lowest BCUT2D eigenvalue weighted by Crippen LogP contribution is -2.18. The Bertz CT molecular complexity index is 528. The van der Waals surface area contributed by atoms with Gasteiger partial charge in [-0.25, -0.2) is 5.48 Å². The molecule has 15 heavy (non-hydrogen) atoms. The van der Waals surface area contributed by atoms with E-state index in [2.05, 4.69) is 17.6 Å². The molecule has 76 valence electrons. The molecular formula is C10H8N2O2S. The zero-order valence-corrected chi connectivity index (χ0v) is 8.53. The summed E-state index contributed by atoms with van der Waals surface area (Å²) in [5.41, 5.74) is 2.64. The second kappa shape index (κ2) is 3.88. The fourth-order valence-corrected chi connectivity index (χ4v) is 1.50. The van der Waals surface area contributed by atoms with Crippen molar-refractivity contribution in [3.63, 3.8) is 0 Å². The molecule has 1 aromatic heterocycles. The average Bonchev–Trinajstić information content (AvgIpc) is 2.27. The minimum Gasteiger partial charge on any atom is -0.288 e. The molecule has 0 aliphatic rings. The minimum absolute atomic E-state index is 0.317. The maximum atomic E-state index is 11.1. The van der Waals surface area contributed by atoms with Crippen LogP contribution in [0.1, 0.15) is 10.4 Å². The molecule has 0 unspecified atom stereocenters. The van der Waals surface area contributed by atoms with Crippen LogP contribution >= 0.6 is 12.6 Å². The lowest BCUT2D eigenvalue weighted by atomic mass is 10.1. The standard InChI is InChI=1S/C10H8N2O2S/c13-10(12-14)7-3-6-1-2-8(15)4-9(6)11-5-7/h1-5,14-15H,(H,12,13). The normalized spacial score (nSPS) is 10.3. The molecule has 1 amide bonds. The Labute approximate surface area is 91.3 Å². The molecule has 0 aliphatic heterocycles. The highest BCUT2D eigenvalue weighted by Crippen LogP contribution is 2.17. The monoisotopic (exact) mass is 220 g/mol. The smallest absolute Gasteiger partial charge is 0.276 e. The van der Waals surface area contributed by atoms with Crippen LogP contribution in [-0.2, 0) is 0 Å². The second-order valence-electron chi connectivity index (χ2n) is 3.04. The molecule has 0 atom stereocenters. The first-order valence-corrected chi connectivity index (χ1v) is 4.68. The molecule has 1 aromatic carbocycles. The van der Waals surface area contributed by atoms with Gasteiger partial charge in [0.05, 0.1) is 11.1 Å². The Kier molecular flexibility index (Phi) is 2.57. The fourth-order valence-electron chi connectivity index (χ4n) is 1.30. The number of benzene rings is 1. The molecule has 5 heteroatoms. The van der Waals surface area contributed by atoms with Crippen LogP contribution < -0.4 is 5.48 Å². The van der Waals surface area contributed by atoms with Crippen LogP contribution in [0.2, 0.25) is 0 Å². The zero-order valence-electron chi connectivity index (χ0n) is 7.64. The number of carbonyl (C=O) groups excluding carboxylic acids is 1. The van der Waals surface area contributed by atoms with Gasteiger partial charge in [0.2, 0.25) is 0 Å². The van der Waals surface area contributed by atoms with Gasteiger partial charge in [-0.2, -0.15) is 0 Å². The predicted molar refractivity (Wildman–Crippen MR) is 58.2 cm³/mol. The van der Waals surface area contributed by atoms with Crippen molar-refractivity contribution in [2.45, 2.75) is 4.90 Å². The van der Waals surface area contributed by atoms with E-state index in [4.69, 9.17) is 5.21 Å². The molecule has 0 bridgehead atoms. The van der Waals surface area contributed by atoms with E-state index in [1.54, 1.807) is 17.6 Å². The Hall–Kier alpha value is -1.59. The Morgan fingerprint density at radius 2 is 2.20 bits per heavy atom. The third-order valence-corrected chi connectivity index (χ3v) is 2.31. The summed E-state index contributed by atoms with van der Waals surface area (Å²) in [5.74, 6) is -0.570. The molecule has 0 saturated carbocycles. The van der Waals surface area contributed by atoms with Gasteiger partial charge in [0.25, 0.3) is 5.91 Å². The van der Waals surface area contributed by atoms with Crippen molar-refractivity contribution in [3.05, 3.63) is 36.0 Å².